The monoisotopic (exact) mass is 321 g/mol. The maximum absolute atomic E-state index is 2.61. The fourth-order valence-electron chi connectivity index (χ4n) is 3.74. The van der Waals surface area contributed by atoms with E-state index in [-0.39, 0.29) is 5.41 Å². The zero-order chi connectivity index (χ0) is 17.5. The van der Waals surface area contributed by atoms with Crippen LogP contribution in [0.1, 0.15) is 60.4 Å². The molecule has 0 aliphatic heterocycles. The van der Waals surface area contributed by atoms with Crippen LogP contribution in [0, 0.1) is 10.8 Å². The third-order valence-electron chi connectivity index (χ3n) is 5.63. The Hall–Kier alpha value is -1.76. The molecule has 0 spiro atoms. The molecule has 1 unspecified atom stereocenters. The summed E-state index contributed by atoms with van der Waals surface area (Å²) < 4.78 is 2.61. The molecule has 0 amide bonds. The number of rotatable bonds is 4. The van der Waals surface area contributed by atoms with Crippen LogP contribution in [0.4, 0.5) is 0 Å². The Morgan fingerprint density at radius 3 is 1.67 bits per heavy atom. The van der Waals surface area contributed by atoms with Gasteiger partial charge in [0, 0.05) is 27.8 Å². The number of aromatic nitrogens is 1. The highest BCUT2D eigenvalue weighted by Gasteiger charge is 2.33. The van der Waals surface area contributed by atoms with Crippen LogP contribution in [0.5, 0.6) is 0 Å². The van der Waals surface area contributed by atoms with Gasteiger partial charge in [0.05, 0.1) is 0 Å². The molecule has 0 saturated carbocycles. The summed E-state index contributed by atoms with van der Waals surface area (Å²) in [6, 6.07) is 18.2. The fourth-order valence-corrected chi connectivity index (χ4v) is 3.74. The first-order valence-corrected chi connectivity index (χ1v) is 9.22. The standard InChI is InChI=1S/C23H31N/c1-7-23(5,6)16-21(22(2,3)4)24-19-14-10-8-12-17(19)18-13-9-11-15-20(18)24/h8-15,21H,7,16H2,1-6H3. The lowest BCUT2D eigenvalue weighted by molar-refractivity contribution is 0.163. The van der Waals surface area contributed by atoms with Crippen molar-refractivity contribution in [2.45, 2.75) is 60.4 Å². The SMILES string of the molecule is CCC(C)(C)CC(n1c2ccccc2c2ccccc21)C(C)(C)C. The van der Waals surface area contributed by atoms with E-state index in [1.54, 1.807) is 0 Å². The van der Waals surface area contributed by atoms with Gasteiger partial charge < -0.3 is 4.57 Å². The lowest BCUT2D eigenvalue weighted by Gasteiger charge is -2.39. The molecule has 0 N–H and O–H groups in total. The number of para-hydroxylation sites is 2. The molecule has 128 valence electrons. The number of nitrogens with zero attached hydrogens (tertiary/aromatic N) is 1. The highest BCUT2D eigenvalue weighted by Crippen LogP contribution is 2.45. The van der Waals surface area contributed by atoms with Crippen molar-refractivity contribution in [1.29, 1.82) is 0 Å². The molecule has 3 rings (SSSR count). The number of benzene rings is 2. The van der Waals surface area contributed by atoms with E-state index in [9.17, 15) is 0 Å². The Labute approximate surface area is 146 Å². The van der Waals surface area contributed by atoms with E-state index in [1.807, 2.05) is 0 Å². The molecule has 0 fully saturated rings. The molecule has 0 radical (unpaired) electrons. The van der Waals surface area contributed by atoms with Crippen LogP contribution in [0.3, 0.4) is 0 Å². The van der Waals surface area contributed by atoms with Gasteiger partial charge in [0.1, 0.15) is 0 Å². The van der Waals surface area contributed by atoms with Crippen molar-refractivity contribution in [3.05, 3.63) is 48.5 Å². The largest absolute Gasteiger partial charge is 0.337 e. The van der Waals surface area contributed by atoms with Crippen molar-refractivity contribution >= 4 is 21.8 Å². The second-order valence-electron chi connectivity index (χ2n) is 9.01. The maximum Gasteiger partial charge on any atom is 0.0494 e. The molecule has 0 aliphatic rings. The highest BCUT2D eigenvalue weighted by atomic mass is 15.0. The Balaban J connectivity index is 2.30. The van der Waals surface area contributed by atoms with Crippen molar-refractivity contribution in [3.8, 4) is 0 Å². The highest BCUT2D eigenvalue weighted by molar-refractivity contribution is 6.08. The topological polar surface area (TPSA) is 4.93 Å². The van der Waals surface area contributed by atoms with Gasteiger partial charge in [0.2, 0.25) is 0 Å². The number of fused-ring (bicyclic) bond motifs is 3. The van der Waals surface area contributed by atoms with Gasteiger partial charge in [-0.15, -0.1) is 0 Å². The maximum atomic E-state index is 2.61. The van der Waals surface area contributed by atoms with Crippen LogP contribution in [-0.2, 0) is 0 Å². The van der Waals surface area contributed by atoms with E-state index < -0.39 is 0 Å². The summed E-state index contributed by atoms with van der Waals surface area (Å²) in [5.41, 5.74) is 3.28. The zero-order valence-electron chi connectivity index (χ0n) is 16.1. The molecule has 0 saturated heterocycles. The summed E-state index contributed by atoms with van der Waals surface area (Å²) in [4.78, 5) is 0. The molecule has 24 heavy (non-hydrogen) atoms. The molecular weight excluding hydrogens is 290 g/mol. The van der Waals surface area contributed by atoms with Crippen molar-refractivity contribution < 1.29 is 0 Å². The smallest absolute Gasteiger partial charge is 0.0494 e. The van der Waals surface area contributed by atoms with Gasteiger partial charge in [-0.25, -0.2) is 0 Å². The van der Waals surface area contributed by atoms with Crippen LogP contribution >= 0.6 is 0 Å². The number of hydrogen-bond acceptors (Lipinski definition) is 0. The molecule has 0 bridgehead atoms. The van der Waals surface area contributed by atoms with Crippen molar-refractivity contribution in [1.82, 2.24) is 4.57 Å². The van der Waals surface area contributed by atoms with Gasteiger partial charge in [0.25, 0.3) is 0 Å². The minimum Gasteiger partial charge on any atom is -0.337 e. The van der Waals surface area contributed by atoms with E-state index >= 15 is 0 Å². The summed E-state index contributed by atoms with van der Waals surface area (Å²) in [5.74, 6) is 0. The van der Waals surface area contributed by atoms with Crippen molar-refractivity contribution in [2.24, 2.45) is 10.8 Å². The predicted octanol–water partition coefficient (Wildman–Crippen LogP) is 7.21. The Morgan fingerprint density at radius 1 is 0.792 bits per heavy atom. The zero-order valence-corrected chi connectivity index (χ0v) is 16.1. The van der Waals surface area contributed by atoms with Crippen LogP contribution in [0.25, 0.3) is 21.8 Å². The van der Waals surface area contributed by atoms with E-state index in [4.69, 9.17) is 0 Å². The van der Waals surface area contributed by atoms with E-state index in [0.717, 1.165) is 0 Å². The third-order valence-corrected chi connectivity index (χ3v) is 5.63. The van der Waals surface area contributed by atoms with E-state index in [1.165, 1.54) is 34.6 Å². The fraction of sp³-hybridized carbons (Fsp3) is 0.478. The van der Waals surface area contributed by atoms with Crippen LogP contribution in [0.2, 0.25) is 0 Å². The van der Waals surface area contributed by atoms with Crippen LogP contribution < -0.4 is 0 Å². The first-order chi connectivity index (χ1) is 11.2. The quantitative estimate of drug-likeness (QED) is 0.478. The molecule has 0 aliphatic carbocycles. The number of hydrogen-bond donors (Lipinski definition) is 0. The molecule has 1 aromatic heterocycles. The van der Waals surface area contributed by atoms with Gasteiger partial charge in [-0.2, -0.15) is 0 Å². The van der Waals surface area contributed by atoms with Crippen LogP contribution in [0.15, 0.2) is 48.5 Å². The normalized spacial score (nSPS) is 14.4. The first kappa shape index (κ1) is 17.1. The molecular formula is C23H31N. The Bertz CT molecular complexity index is 792. The lowest BCUT2D eigenvalue weighted by atomic mass is 9.74. The minimum absolute atomic E-state index is 0.205. The minimum atomic E-state index is 0.205. The summed E-state index contributed by atoms with van der Waals surface area (Å²) in [6.07, 6.45) is 2.40. The third kappa shape index (κ3) is 2.97. The molecule has 1 nitrogen and oxygen atoms in total. The summed E-state index contributed by atoms with van der Waals surface area (Å²) in [7, 11) is 0. The average Bonchev–Trinajstić information content (AvgIpc) is 2.86. The summed E-state index contributed by atoms with van der Waals surface area (Å²) >= 11 is 0. The van der Waals surface area contributed by atoms with Gasteiger partial charge in [-0.05, 0) is 29.4 Å². The first-order valence-electron chi connectivity index (χ1n) is 9.22. The summed E-state index contributed by atoms with van der Waals surface area (Å²) in [6.45, 7) is 14.3. The van der Waals surface area contributed by atoms with E-state index in [0.29, 0.717) is 11.5 Å². The van der Waals surface area contributed by atoms with E-state index in [2.05, 4.69) is 94.6 Å². The lowest BCUT2D eigenvalue weighted by Crippen LogP contribution is -2.29. The van der Waals surface area contributed by atoms with Gasteiger partial charge in [-0.3, -0.25) is 0 Å². The van der Waals surface area contributed by atoms with Gasteiger partial charge in [0.15, 0.2) is 0 Å². The van der Waals surface area contributed by atoms with Gasteiger partial charge >= 0.3 is 0 Å². The average molecular weight is 322 g/mol. The van der Waals surface area contributed by atoms with Crippen molar-refractivity contribution in [3.63, 3.8) is 0 Å². The second kappa shape index (κ2) is 5.95. The molecule has 1 atom stereocenters. The second-order valence-corrected chi connectivity index (χ2v) is 9.01. The molecule has 1 heteroatoms. The molecule has 2 aromatic carbocycles. The van der Waals surface area contributed by atoms with Gasteiger partial charge in [-0.1, -0.05) is 84.4 Å². The predicted molar refractivity (Wildman–Crippen MR) is 107 cm³/mol. The molecule has 1 heterocycles. The Morgan fingerprint density at radius 2 is 1.25 bits per heavy atom. The molecule has 3 aromatic rings. The van der Waals surface area contributed by atoms with Crippen molar-refractivity contribution in [2.75, 3.05) is 0 Å². The van der Waals surface area contributed by atoms with Crippen LogP contribution in [-0.4, -0.2) is 4.57 Å². The Kier molecular flexibility index (Phi) is 4.23. The summed E-state index contributed by atoms with van der Waals surface area (Å²) in [5, 5.41) is 2.74.